The Hall–Kier alpha value is -0.150. The Kier molecular flexibility index (Phi) is 5.60. The highest BCUT2D eigenvalue weighted by Gasteiger charge is 2.37. The molecule has 18 heavy (non-hydrogen) atoms. The van der Waals surface area contributed by atoms with Gasteiger partial charge in [-0.05, 0) is 28.1 Å². The average Bonchev–Trinajstić information content (AvgIpc) is 2.26. The van der Waals surface area contributed by atoms with E-state index in [1.807, 2.05) is 18.2 Å². The third kappa shape index (κ3) is 3.05. The molecule has 0 heterocycles. The monoisotopic (exact) mass is 332 g/mol. The van der Waals surface area contributed by atoms with Gasteiger partial charge in [0, 0.05) is 15.7 Å². The van der Waals surface area contributed by atoms with Crippen molar-refractivity contribution >= 4 is 26.2 Å². The highest BCUT2D eigenvalue weighted by atomic mass is 79.9. The molecule has 0 bridgehead atoms. The molecule has 1 aromatic carbocycles. The third-order valence-electron chi connectivity index (χ3n) is 3.28. The molecule has 1 nitrogen and oxygen atoms in total. The predicted molar refractivity (Wildman–Crippen MR) is 87.8 cm³/mol. The summed E-state index contributed by atoms with van der Waals surface area (Å²) in [6.07, 6.45) is 0. The first-order chi connectivity index (χ1) is 8.32. The van der Waals surface area contributed by atoms with E-state index in [4.69, 9.17) is 4.18 Å². The van der Waals surface area contributed by atoms with E-state index >= 15 is 0 Å². The van der Waals surface area contributed by atoms with E-state index in [2.05, 4.69) is 63.5 Å². The van der Waals surface area contributed by atoms with Crippen molar-refractivity contribution in [3.8, 4) is 5.75 Å². The third-order valence-corrected chi connectivity index (χ3v) is 8.83. The van der Waals surface area contributed by atoms with Crippen LogP contribution >= 0.6 is 26.2 Å². The fraction of sp³-hybridized carbons (Fsp3) is 0.600. The molecule has 0 aliphatic heterocycles. The fourth-order valence-corrected chi connectivity index (χ4v) is 7.36. The first-order valence-electron chi connectivity index (χ1n) is 6.56. The van der Waals surface area contributed by atoms with Gasteiger partial charge < -0.3 is 4.18 Å². The summed E-state index contributed by atoms with van der Waals surface area (Å²) in [7, 11) is -1.15. The molecule has 0 aliphatic carbocycles. The van der Waals surface area contributed by atoms with Gasteiger partial charge in [-0.15, -0.1) is 0 Å². The molecule has 0 N–H and O–H groups in total. The lowest BCUT2D eigenvalue weighted by Gasteiger charge is -2.50. The summed E-state index contributed by atoms with van der Waals surface area (Å²) in [5.41, 5.74) is 0. The van der Waals surface area contributed by atoms with Crippen LogP contribution in [0.2, 0.25) is 0 Å². The van der Waals surface area contributed by atoms with Gasteiger partial charge in [-0.3, -0.25) is 0 Å². The number of para-hydroxylation sites is 1. The van der Waals surface area contributed by atoms with Crippen LogP contribution in [-0.4, -0.2) is 15.7 Å². The van der Waals surface area contributed by atoms with Crippen LogP contribution in [0, 0.1) is 0 Å². The smallest absolute Gasteiger partial charge is 0.149 e. The summed E-state index contributed by atoms with van der Waals surface area (Å²) in [6.45, 7) is 13.7. The minimum Gasteiger partial charge on any atom is -0.447 e. The van der Waals surface area contributed by atoms with E-state index < -0.39 is 10.3 Å². The van der Waals surface area contributed by atoms with Crippen LogP contribution in [-0.2, 0) is 0 Å². The van der Waals surface area contributed by atoms with Gasteiger partial charge in [0.1, 0.15) is 5.75 Å². The number of hydrogen-bond acceptors (Lipinski definition) is 1. The zero-order valence-electron chi connectivity index (χ0n) is 12.2. The maximum Gasteiger partial charge on any atom is 0.149 e. The fourth-order valence-electron chi connectivity index (χ4n) is 2.59. The quantitative estimate of drug-likeness (QED) is 0.664. The Morgan fingerprint density at radius 1 is 0.889 bits per heavy atom. The molecule has 0 saturated carbocycles. The molecule has 0 saturated heterocycles. The van der Waals surface area contributed by atoms with Crippen molar-refractivity contribution in [2.24, 2.45) is 0 Å². The maximum atomic E-state index is 6.55. The Balaban J connectivity index is 3.17. The highest BCUT2D eigenvalue weighted by Crippen LogP contribution is 2.61. The van der Waals surface area contributed by atoms with Gasteiger partial charge in [0.2, 0.25) is 0 Å². The van der Waals surface area contributed by atoms with Gasteiger partial charge >= 0.3 is 0 Å². The molecule has 0 radical (unpaired) electrons. The van der Waals surface area contributed by atoms with E-state index in [1.165, 1.54) is 0 Å². The van der Waals surface area contributed by atoms with Crippen molar-refractivity contribution < 1.29 is 4.18 Å². The molecule has 0 spiro atoms. The van der Waals surface area contributed by atoms with E-state index in [9.17, 15) is 0 Å². The molecule has 0 unspecified atom stereocenters. The second-order valence-electron chi connectivity index (χ2n) is 5.36. The van der Waals surface area contributed by atoms with E-state index in [-0.39, 0.29) is 0 Å². The molecular weight excluding hydrogens is 308 g/mol. The van der Waals surface area contributed by atoms with Gasteiger partial charge in [0.15, 0.2) is 0 Å². The van der Waals surface area contributed by atoms with Crippen LogP contribution < -0.4 is 4.18 Å². The zero-order chi connectivity index (χ0) is 13.9. The van der Waals surface area contributed by atoms with Crippen LogP contribution in [0.5, 0.6) is 5.75 Å². The summed E-state index contributed by atoms with van der Waals surface area (Å²) in [5, 5.41) is 1.64. The maximum absolute atomic E-state index is 6.55. The molecule has 0 aromatic heterocycles. The minimum atomic E-state index is -1.15. The van der Waals surface area contributed by atoms with Crippen LogP contribution in [0.25, 0.3) is 0 Å². The molecule has 0 atom stereocenters. The van der Waals surface area contributed by atoms with Gasteiger partial charge in [-0.1, -0.05) is 64.0 Å². The van der Waals surface area contributed by atoms with Crippen molar-refractivity contribution in [2.45, 2.75) is 57.3 Å². The number of benzene rings is 1. The molecule has 0 amide bonds. The SMILES string of the molecule is CC(C)S(Oc1ccccc1Br)(C(C)C)C(C)C. The second kappa shape index (κ2) is 6.33. The first-order valence-corrected chi connectivity index (χ1v) is 9.10. The topological polar surface area (TPSA) is 9.23 Å². The molecule has 104 valence electrons. The Morgan fingerprint density at radius 3 is 1.72 bits per heavy atom. The first kappa shape index (κ1) is 15.9. The molecule has 1 rings (SSSR count). The predicted octanol–water partition coefficient (Wildman–Crippen LogP) is 5.77. The average molecular weight is 333 g/mol. The second-order valence-corrected chi connectivity index (χ2v) is 10.6. The normalized spacial score (nSPS) is 13.4. The summed E-state index contributed by atoms with van der Waals surface area (Å²) in [4.78, 5) is 0. The molecule has 3 heteroatoms. The lowest BCUT2D eigenvalue weighted by molar-refractivity contribution is 0.580. The van der Waals surface area contributed by atoms with Gasteiger partial charge in [-0.25, -0.2) is 0 Å². The lowest BCUT2D eigenvalue weighted by atomic mass is 10.3. The highest BCUT2D eigenvalue weighted by molar-refractivity contribution is 9.10. The Morgan fingerprint density at radius 2 is 1.33 bits per heavy atom. The van der Waals surface area contributed by atoms with Crippen LogP contribution in [0.4, 0.5) is 0 Å². The molecular formula is C15H25BrOS. The van der Waals surface area contributed by atoms with Crippen molar-refractivity contribution in [1.29, 1.82) is 0 Å². The van der Waals surface area contributed by atoms with Crippen LogP contribution in [0.1, 0.15) is 41.5 Å². The summed E-state index contributed by atoms with van der Waals surface area (Å²) >= 11 is 3.58. The summed E-state index contributed by atoms with van der Waals surface area (Å²) in [5.74, 6) is 0.976. The number of rotatable bonds is 5. The van der Waals surface area contributed by atoms with Crippen LogP contribution in [0.3, 0.4) is 0 Å². The summed E-state index contributed by atoms with van der Waals surface area (Å²) in [6, 6.07) is 8.15. The minimum absolute atomic E-state index is 0.546. The largest absolute Gasteiger partial charge is 0.447 e. The van der Waals surface area contributed by atoms with Gasteiger partial charge in [-0.2, -0.15) is 0 Å². The van der Waals surface area contributed by atoms with Crippen molar-refractivity contribution in [2.75, 3.05) is 0 Å². The van der Waals surface area contributed by atoms with E-state index in [0.717, 1.165) is 10.2 Å². The summed E-state index contributed by atoms with van der Waals surface area (Å²) < 4.78 is 7.60. The number of halogens is 1. The van der Waals surface area contributed by atoms with E-state index in [0.29, 0.717) is 15.7 Å². The van der Waals surface area contributed by atoms with Crippen molar-refractivity contribution in [1.82, 2.24) is 0 Å². The standard InChI is InChI=1S/C15H25BrOS/c1-11(2)18(12(3)4,13(5)6)17-15-10-8-7-9-14(15)16/h7-13H,1-6H3. The number of hydrogen-bond donors (Lipinski definition) is 0. The molecule has 0 fully saturated rings. The molecule has 1 aromatic rings. The van der Waals surface area contributed by atoms with Crippen LogP contribution in [0.15, 0.2) is 28.7 Å². The van der Waals surface area contributed by atoms with Gasteiger partial charge in [0.25, 0.3) is 0 Å². The Bertz CT molecular complexity index is 366. The Labute approximate surface area is 122 Å². The lowest BCUT2D eigenvalue weighted by Crippen LogP contribution is -2.33. The van der Waals surface area contributed by atoms with E-state index in [1.54, 1.807) is 0 Å². The zero-order valence-corrected chi connectivity index (χ0v) is 14.6. The van der Waals surface area contributed by atoms with Gasteiger partial charge in [0.05, 0.1) is 4.47 Å². The van der Waals surface area contributed by atoms with Crippen molar-refractivity contribution in [3.63, 3.8) is 0 Å². The van der Waals surface area contributed by atoms with Crippen molar-refractivity contribution in [3.05, 3.63) is 28.7 Å². The molecule has 0 aliphatic rings.